The number of carbonyl (C=O) groups excluding carboxylic acids is 4. The number of allylic oxidation sites excluding steroid dienone is 5. The van der Waals surface area contributed by atoms with E-state index in [2.05, 4.69) is 15.5 Å². The van der Waals surface area contributed by atoms with Gasteiger partial charge in [-0.1, -0.05) is 39.0 Å². The fourth-order valence-electron chi connectivity index (χ4n) is 5.51. The van der Waals surface area contributed by atoms with Crippen LogP contribution >= 0.6 is 0 Å². The Balaban J connectivity index is 2.05. The van der Waals surface area contributed by atoms with Gasteiger partial charge in [0.15, 0.2) is 6.10 Å². The van der Waals surface area contributed by atoms with Crippen LogP contribution in [0.4, 0.5) is 4.79 Å². The molecule has 0 unspecified atom stereocenters. The van der Waals surface area contributed by atoms with Gasteiger partial charge in [-0.05, 0) is 43.6 Å². The van der Waals surface area contributed by atoms with Gasteiger partial charge in [0.2, 0.25) is 11.6 Å². The zero-order chi connectivity index (χ0) is 33.3. The number of fused-ring (bicyclic) bond motifs is 2. The lowest BCUT2D eigenvalue weighted by atomic mass is 9.82. The Hall–Kier alpha value is -3.74. The second-order valence-electron chi connectivity index (χ2n) is 11.9. The number of nitrogens with one attached hydrogen (secondary N) is 2. The smallest absolute Gasteiger partial charge is 0.405 e. The summed E-state index contributed by atoms with van der Waals surface area (Å²) in [5.41, 5.74) is 6.23. The molecule has 248 valence electrons. The van der Waals surface area contributed by atoms with Gasteiger partial charge in [-0.25, -0.2) is 4.79 Å². The number of methoxy groups -OCH3 is 3. The van der Waals surface area contributed by atoms with Crippen molar-refractivity contribution >= 4 is 23.6 Å². The standard InChI is InChI=1S/C33H48N4O8/c1-19-15-23-29(35-11-12-37-13-14-37)25(38)18-24(30(23)39)36-32(40)20(2)9-8-10-26(42-5)31(45-33(34)41)28(44-7)17-21(3)22(4)27(16-19)43-6/h8-10,17-19,21-22,26-27,31,35H,11-16H2,1-7H3,(H2,34,41)(H,36,40)/b10-8-,20-9+,28-17-/t19-,21+,22-,26+,27+,31-/m1/s1. The van der Waals surface area contributed by atoms with Crippen LogP contribution in [-0.2, 0) is 33.3 Å². The average molecular weight is 629 g/mol. The first kappa shape index (κ1) is 35.7. The van der Waals surface area contributed by atoms with Crippen LogP contribution in [0.15, 0.2) is 58.7 Å². The number of primary amides is 1. The van der Waals surface area contributed by atoms with Crippen molar-refractivity contribution in [2.75, 3.05) is 47.5 Å². The first-order valence-corrected chi connectivity index (χ1v) is 15.3. The van der Waals surface area contributed by atoms with Crippen molar-refractivity contribution in [1.82, 2.24) is 15.5 Å². The van der Waals surface area contributed by atoms with E-state index in [4.69, 9.17) is 24.7 Å². The minimum absolute atomic E-state index is 0.0290. The summed E-state index contributed by atoms with van der Waals surface area (Å²) in [5.74, 6) is -1.14. The summed E-state index contributed by atoms with van der Waals surface area (Å²) < 4.78 is 22.6. The molecule has 0 aromatic carbocycles. The third-order valence-electron chi connectivity index (χ3n) is 8.53. The lowest BCUT2D eigenvalue weighted by molar-refractivity contribution is -0.120. The van der Waals surface area contributed by atoms with Gasteiger partial charge in [-0.15, -0.1) is 0 Å². The molecule has 45 heavy (non-hydrogen) atoms. The minimum atomic E-state index is -1.00. The summed E-state index contributed by atoms with van der Waals surface area (Å²) in [5, 5.41) is 5.83. The molecule has 12 nitrogen and oxygen atoms in total. The van der Waals surface area contributed by atoms with Crippen molar-refractivity contribution in [1.29, 1.82) is 0 Å². The molecule has 0 saturated carbocycles. The van der Waals surface area contributed by atoms with Crippen molar-refractivity contribution in [3.05, 3.63) is 58.7 Å². The maximum absolute atomic E-state index is 13.8. The number of rotatable bonds is 8. The number of ether oxygens (including phenoxy) is 4. The summed E-state index contributed by atoms with van der Waals surface area (Å²) in [6, 6.07) is 0. The highest BCUT2D eigenvalue weighted by Gasteiger charge is 2.34. The van der Waals surface area contributed by atoms with E-state index in [9.17, 15) is 19.2 Å². The van der Waals surface area contributed by atoms with E-state index in [-0.39, 0.29) is 52.4 Å². The molecule has 1 saturated heterocycles. The molecule has 1 fully saturated rings. The molecule has 2 aliphatic heterocycles. The Morgan fingerprint density at radius 3 is 2.42 bits per heavy atom. The first-order valence-electron chi connectivity index (χ1n) is 15.3. The zero-order valence-electron chi connectivity index (χ0n) is 27.4. The molecule has 0 aromatic rings. The van der Waals surface area contributed by atoms with Crippen LogP contribution in [0.5, 0.6) is 0 Å². The summed E-state index contributed by atoms with van der Waals surface area (Å²) in [7, 11) is 4.56. The topological polar surface area (TPSA) is 158 Å². The molecule has 3 rings (SSSR count). The van der Waals surface area contributed by atoms with Gasteiger partial charge < -0.3 is 35.3 Å². The number of hydrogen-bond donors (Lipinski definition) is 3. The number of amides is 2. The highest BCUT2D eigenvalue weighted by molar-refractivity contribution is 6.23. The number of nitrogens with two attached hydrogens (primary N) is 1. The predicted molar refractivity (Wildman–Crippen MR) is 168 cm³/mol. The molecule has 0 radical (unpaired) electrons. The molecule has 2 bridgehead atoms. The number of Topliss-reactive ketones (excluding diaryl/α,β-unsaturated/α-hetero) is 1. The molecule has 6 atom stereocenters. The van der Waals surface area contributed by atoms with Gasteiger partial charge in [0.05, 0.1) is 24.6 Å². The van der Waals surface area contributed by atoms with Crippen LogP contribution in [0.3, 0.4) is 0 Å². The second kappa shape index (κ2) is 16.5. The fourth-order valence-corrected chi connectivity index (χ4v) is 5.51. The Morgan fingerprint density at radius 1 is 1.11 bits per heavy atom. The third-order valence-corrected chi connectivity index (χ3v) is 8.53. The highest BCUT2D eigenvalue weighted by Crippen LogP contribution is 2.31. The lowest BCUT2D eigenvalue weighted by Gasteiger charge is -2.31. The molecule has 2 amide bonds. The third kappa shape index (κ3) is 9.87. The fraction of sp³-hybridized carbons (Fsp3) is 0.576. The van der Waals surface area contributed by atoms with Gasteiger partial charge >= 0.3 is 6.09 Å². The molecule has 3 aliphatic rings. The van der Waals surface area contributed by atoms with E-state index in [0.29, 0.717) is 30.7 Å². The second-order valence-corrected chi connectivity index (χ2v) is 11.9. The van der Waals surface area contributed by atoms with Crippen LogP contribution in [0.25, 0.3) is 0 Å². The van der Waals surface area contributed by atoms with Gasteiger partial charge in [0, 0.05) is 57.6 Å². The number of carbonyl (C=O) groups is 4. The molecule has 0 aromatic heterocycles. The average Bonchev–Trinajstić information content (AvgIpc) is 3.83. The van der Waals surface area contributed by atoms with E-state index in [0.717, 1.165) is 19.6 Å². The van der Waals surface area contributed by atoms with E-state index in [1.807, 2.05) is 26.8 Å². The summed E-state index contributed by atoms with van der Waals surface area (Å²) in [4.78, 5) is 54.3. The van der Waals surface area contributed by atoms with E-state index in [1.165, 1.54) is 26.4 Å². The molecule has 2 heterocycles. The molecular weight excluding hydrogens is 580 g/mol. The maximum Gasteiger partial charge on any atom is 0.405 e. The Bertz CT molecular complexity index is 1280. The molecule has 12 heteroatoms. The van der Waals surface area contributed by atoms with Crippen LogP contribution in [-0.4, -0.2) is 94.3 Å². The van der Waals surface area contributed by atoms with Crippen molar-refractivity contribution < 1.29 is 38.1 Å². The van der Waals surface area contributed by atoms with Crippen LogP contribution < -0.4 is 16.4 Å². The normalized spacial score (nSPS) is 32.0. The SMILES string of the molecule is CO/C1=C\[C@H](C)[C@@H](C)[C@@H](OC)C[C@H](C)CC2=C(NCCN3CC3)C(=O)C=C(NC(=O)/C(C)=C/C=C\[C@H](OC)[C@H]1OC(N)=O)C2=O. The summed E-state index contributed by atoms with van der Waals surface area (Å²) in [6.45, 7) is 11.0. The van der Waals surface area contributed by atoms with Gasteiger partial charge in [-0.3, -0.25) is 19.3 Å². The van der Waals surface area contributed by atoms with Crippen LogP contribution in [0.2, 0.25) is 0 Å². The number of ketones is 2. The largest absolute Gasteiger partial charge is 0.497 e. The highest BCUT2D eigenvalue weighted by atomic mass is 16.6. The van der Waals surface area contributed by atoms with E-state index in [1.54, 1.807) is 26.2 Å². The lowest BCUT2D eigenvalue weighted by Crippen LogP contribution is -2.37. The molecule has 4 N–H and O–H groups in total. The monoisotopic (exact) mass is 628 g/mol. The molecular formula is C33H48N4O8. The van der Waals surface area contributed by atoms with Gasteiger partial charge in [0.25, 0.3) is 5.91 Å². The van der Waals surface area contributed by atoms with Crippen LogP contribution in [0.1, 0.15) is 40.5 Å². The van der Waals surface area contributed by atoms with E-state index >= 15 is 0 Å². The van der Waals surface area contributed by atoms with Crippen LogP contribution in [0, 0.1) is 17.8 Å². The van der Waals surface area contributed by atoms with E-state index < -0.39 is 24.2 Å². The van der Waals surface area contributed by atoms with Gasteiger partial charge in [0.1, 0.15) is 11.9 Å². The predicted octanol–water partition coefficient (Wildman–Crippen LogP) is 2.53. The van der Waals surface area contributed by atoms with Crippen molar-refractivity contribution in [2.45, 2.75) is 58.8 Å². The van der Waals surface area contributed by atoms with Crippen molar-refractivity contribution in [2.24, 2.45) is 23.5 Å². The quantitative estimate of drug-likeness (QED) is 0.269. The number of hydrogen-bond acceptors (Lipinski definition) is 10. The first-order chi connectivity index (χ1) is 21.4. The Morgan fingerprint density at radius 2 is 1.82 bits per heavy atom. The summed E-state index contributed by atoms with van der Waals surface area (Å²) >= 11 is 0. The number of nitrogens with zero attached hydrogens (tertiary/aromatic N) is 1. The minimum Gasteiger partial charge on any atom is -0.497 e. The zero-order valence-corrected chi connectivity index (χ0v) is 27.4. The summed E-state index contributed by atoms with van der Waals surface area (Å²) in [6.07, 6.45) is 5.60. The van der Waals surface area contributed by atoms with Crippen molar-refractivity contribution in [3.63, 3.8) is 0 Å². The van der Waals surface area contributed by atoms with Gasteiger partial charge in [-0.2, -0.15) is 0 Å². The Kier molecular flexibility index (Phi) is 13.1. The maximum atomic E-state index is 13.8. The molecule has 1 aliphatic carbocycles. The molecule has 0 spiro atoms. The van der Waals surface area contributed by atoms with Crippen molar-refractivity contribution in [3.8, 4) is 0 Å². The Labute approximate surface area is 265 Å².